The van der Waals surface area contributed by atoms with Gasteiger partial charge >= 0.3 is 5.97 Å². The third-order valence-corrected chi connectivity index (χ3v) is 6.13. The molecule has 1 heterocycles. The van der Waals surface area contributed by atoms with Crippen LogP contribution < -0.4 is 14.8 Å². The van der Waals surface area contributed by atoms with Gasteiger partial charge in [0.15, 0.2) is 0 Å². The van der Waals surface area contributed by atoms with Crippen LogP contribution in [0.3, 0.4) is 0 Å². The average molecular weight is 429 g/mol. The summed E-state index contributed by atoms with van der Waals surface area (Å²) in [6.07, 6.45) is 0.186. The third kappa shape index (κ3) is 6.67. The highest BCUT2D eigenvalue weighted by atomic mass is 32.2. The second-order valence-electron chi connectivity index (χ2n) is 6.49. The van der Waals surface area contributed by atoms with Crippen LogP contribution in [0.15, 0.2) is 24.3 Å². The number of carbonyl (C=O) groups is 2. The van der Waals surface area contributed by atoms with Gasteiger partial charge in [-0.3, -0.25) is 4.79 Å². The van der Waals surface area contributed by atoms with E-state index in [1.807, 2.05) is 0 Å². The zero-order valence-electron chi connectivity index (χ0n) is 16.7. The largest absolute Gasteiger partial charge is 0.497 e. The second kappa shape index (κ2) is 10.5. The highest BCUT2D eigenvalue weighted by Crippen LogP contribution is 2.13. The fraction of sp³-hybridized carbons (Fsp3) is 0.556. The molecular weight excluding hydrogens is 402 g/mol. The summed E-state index contributed by atoms with van der Waals surface area (Å²) >= 11 is 0. The first-order valence-electron chi connectivity index (χ1n) is 9.13. The maximum Gasteiger partial charge on any atom is 0.328 e. The number of nitrogens with one attached hydrogen (secondary N) is 2. The smallest absolute Gasteiger partial charge is 0.328 e. The molecule has 1 aromatic rings. The number of hydrogen-bond acceptors (Lipinski definition) is 7. The van der Waals surface area contributed by atoms with Crippen LogP contribution in [0.4, 0.5) is 0 Å². The lowest BCUT2D eigenvalue weighted by Gasteiger charge is -2.27. The zero-order chi connectivity index (χ0) is 21.4. The number of morpholine rings is 1. The summed E-state index contributed by atoms with van der Waals surface area (Å²) in [6.45, 7) is 2.44. The lowest BCUT2D eigenvalue weighted by molar-refractivity contribution is -0.145. The normalized spacial score (nSPS) is 17.2. The van der Waals surface area contributed by atoms with Gasteiger partial charge in [-0.2, -0.15) is 17.4 Å². The van der Waals surface area contributed by atoms with Gasteiger partial charge < -0.3 is 19.5 Å². The van der Waals surface area contributed by atoms with E-state index in [4.69, 9.17) is 14.2 Å². The molecule has 0 aromatic heterocycles. The molecule has 0 aliphatic carbocycles. The Morgan fingerprint density at radius 1 is 1.17 bits per heavy atom. The first-order valence-corrected chi connectivity index (χ1v) is 10.6. The number of esters is 1. The first kappa shape index (κ1) is 23.1. The number of amides is 1. The molecule has 0 unspecified atom stereocenters. The van der Waals surface area contributed by atoms with Gasteiger partial charge in [0, 0.05) is 19.5 Å². The van der Waals surface area contributed by atoms with Gasteiger partial charge in [0.1, 0.15) is 11.8 Å². The number of rotatable bonds is 9. The highest BCUT2D eigenvalue weighted by Gasteiger charge is 2.30. The van der Waals surface area contributed by atoms with Crippen molar-refractivity contribution >= 4 is 22.1 Å². The van der Waals surface area contributed by atoms with E-state index in [1.165, 1.54) is 18.3 Å². The zero-order valence-corrected chi connectivity index (χ0v) is 17.5. The van der Waals surface area contributed by atoms with Crippen LogP contribution in [-0.2, 0) is 35.7 Å². The molecule has 162 valence electrons. The summed E-state index contributed by atoms with van der Waals surface area (Å²) in [5.74, 6) is -0.596. The van der Waals surface area contributed by atoms with Crippen molar-refractivity contribution in [3.8, 4) is 5.75 Å². The second-order valence-corrected chi connectivity index (χ2v) is 8.19. The third-order valence-electron chi connectivity index (χ3n) is 4.43. The maximum atomic E-state index is 12.5. The van der Waals surface area contributed by atoms with Crippen LogP contribution in [0.5, 0.6) is 5.75 Å². The molecule has 1 aromatic carbocycles. The van der Waals surface area contributed by atoms with Crippen molar-refractivity contribution in [2.24, 2.45) is 0 Å². The van der Waals surface area contributed by atoms with Gasteiger partial charge in [-0.25, -0.2) is 4.79 Å². The molecule has 0 saturated carbocycles. The molecule has 0 spiro atoms. The van der Waals surface area contributed by atoms with Crippen LogP contribution in [0.25, 0.3) is 0 Å². The van der Waals surface area contributed by atoms with Crippen molar-refractivity contribution in [3.63, 3.8) is 0 Å². The van der Waals surface area contributed by atoms with Crippen molar-refractivity contribution < 1.29 is 32.2 Å². The van der Waals surface area contributed by atoms with E-state index < -0.39 is 34.2 Å². The van der Waals surface area contributed by atoms with Crippen molar-refractivity contribution in [1.82, 2.24) is 14.3 Å². The molecule has 2 rings (SSSR count). The summed E-state index contributed by atoms with van der Waals surface area (Å²) in [5.41, 5.74) is 0.781. The predicted molar refractivity (Wildman–Crippen MR) is 105 cm³/mol. The number of hydrogen-bond donors (Lipinski definition) is 2. The van der Waals surface area contributed by atoms with Gasteiger partial charge in [-0.15, -0.1) is 0 Å². The Morgan fingerprint density at radius 2 is 1.79 bits per heavy atom. The van der Waals surface area contributed by atoms with E-state index in [9.17, 15) is 18.0 Å². The average Bonchev–Trinajstić information content (AvgIpc) is 2.73. The Labute approximate surface area is 170 Å². The summed E-state index contributed by atoms with van der Waals surface area (Å²) in [6, 6.07) is 4.98. The lowest BCUT2D eigenvalue weighted by atomic mass is 10.1. The van der Waals surface area contributed by atoms with E-state index in [1.54, 1.807) is 31.4 Å². The minimum atomic E-state index is -3.84. The van der Waals surface area contributed by atoms with E-state index in [2.05, 4.69) is 10.0 Å². The fourth-order valence-corrected chi connectivity index (χ4v) is 4.10. The minimum Gasteiger partial charge on any atom is -0.497 e. The standard InChI is InChI=1S/C18H27N3O7S/c1-13(20-29(24,25)21-8-10-28-11-9-21)17(22)19-16(18(23)27-3)12-14-4-6-15(26-2)7-5-14/h4-7,13,16,20H,8-12H2,1-3H3,(H,19,22)/t13-,16-/m0/s1. The Kier molecular flexibility index (Phi) is 8.38. The highest BCUT2D eigenvalue weighted by molar-refractivity contribution is 7.87. The van der Waals surface area contributed by atoms with Crippen molar-refractivity contribution in [2.75, 3.05) is 40.5 Å². The Hall–Kier alpha value is -2.21. The predicted octanol–water partition coefficient (Wildman–Crippen LogP) is -0.549. The number of carbonyl (C=O) groups excluding carboxylic acids is 2. The molecule has 1 aliphatic rings. The van der Waals surface area contributed by atoms with Crippen molar-refractivity contribution in [3.05, 3.63) is 29.8 Å². The van der Waals surface area contributed by atoms with Gasteiger partial charge in [0.25, 0.3) is 10.2 Å². The molecule has 2 N–H and O–H groups in total. The molecule has 0 radical (unpaired) electrons. The maximum absolute atomic E-state index is 12.5. The molecule has 1 aliphatic heterocycles. The topological polar surface area (TPSA) is 123 Å². The molecule has 1 saturated heterocycles. The number of nitrogens with zero attached hydrogens (tertiary/aromatic N) is 1. The van der Waals surface area contributed by atoms with Crippen molar-refractivity contribution in [2.45, 2.75) is 25.4 Å². The Bertz CT molecular complexity index is 792. The van der Waals surface area contributed by atoms with Gasteiger partial charge in [0.05, 0.1) is 33.5 Å². The monoisotopic (exact) mass is 429 g/mol. The molecule has 11 heteroatoms. The van der Waals surface area contributed by atoms with Crippen molar-refractivity contribution in [1.29, 1.82) is 0 Å². The first-order chi connectivity index (χ1) is 13.8. The SMILES string of the molecule is COC(=O)[C@H](Cc1ccc(OC)cc1)NC(=O)[C@H](C)NS(=O)(=O)N1CCOCC1. The van der Waals surface area contributed by atoms with E-state index in [0.29, 0.717) is 19.0 Å². The molecule has 0 bridgehead atoms. The quantitative estimate of drug-likeness (QED) is 0.505. The summed E-state index contributed by atoms with van der Waals surface area (Å²) in [7, 11) is -1.07. The Balaban J connectivity index is 2.01. The summed E-state index contributed by atoms with van der Waals surface area (Å²) in [4.78, 5) is 24.6. The van der Waals surface area contributed by atoms with E-state index in [0.717, 1.165) is 5.56 Å². The van der Waals surface area contributed by atoms with Gasteiger partial charge in [-0.05, 0) is 24.6 Å². The molecule has 1 amide bonds. The molecule has 2 atom stereocenters. The van der Waals surface area contributed by atoms with E-state index >= 15 is 0 Å². The number of benzene rings is 1. The number of ether oxygens (including phenoxy) is 3. The number of methoxy groups -OCH3 is 2. The lowest BCUT2D eigenvalue weighted by Crippen LogP contribution is -2.55. The molecule has 1 fully saturated rings. The summed E-state index contributed by atoms with van der Waals surface area (Å²) in [5, 5.41) is 2.56. The molecule has 29 heavy (non-hydrogen) atoms. The Morgan fingerprint density at radius 3 is 2.34 bits per heavy atom. The van der Waals surface area contributed by atoms with Crippen LogP contribution in [0.1, 0.15) is 12.5 Å². The van der Waals surface area contributed by atoms with Crippen LogP contribution in [-0.4, -0.2) is 77.2 Å². The fourth-order valence-electron chi connectivity index (χ4n) is 2.77. The summed E-state index contributed by atoms with van der Waals surface area (Å²) < 4.78 is 43.4. The molecular formula is C18H27N3O7S. The van der Waals surface area contributed by atoms with Crippen LogP contribution in [0, 0.1) is 0 Å². The van der Waals surface area contributed by atoms with Crippen LogP contribution >= 0.6 is 0 Å². The van der Waals surface area contributed by atoms with Crippen LogP contribution in [0.2, 0.25) is 0 Å². The van der Waals surface area contributed by atoms with Gasteiger partial charge in [-0.1, -0.05) is 12.1 Å². The minimum absolute atomic E-state index is 0.186. The molecule has 10 nitrogen and oxygen atoms in total. The van der Waals surface area contributed by atoms with Gasteiger partial charge in [0.2, 0.25) is 5.91 Å². The van der Waals surface area contributed by atoms with E-state index in [-0.39, 0.29) is 19.5 Å².